The summed E-state index contributed by atoms with van der Waals surface area (Å²) >= 11 is 5.80. The third kappa shape index (κ3) is 4.33. The zero-order valence-electron chi connectivity index (χ0n) is 9.50. The normalized spacial score (nSPS) is 9.47. The van der Waals surface area contributed by atoms with Gasteiger partial charge >= 0.3 is 0 Å². The Morgan fingerprint density at radius 2 is 2.35 bits per heavy atom. The molecule has 1 amide bonds. The van der Waals surface area contributed by atoms with Gasteiger partial charge in [-0.15, -0.1) is 0 Å². The van der Waals surface area contributed by atoms with Crippen molar-refractivity contribution < 1.29 is 9.53 Å². The minimum absolute atomic E-state index is 0.0759. The van der Waals surface area contributed by atoms with Gasteiger partial charge in [0.2, 0.25) is 5.91 Å². The quantitative estimate of drug-likeness (QED) is 0.873. The lowest BCUT2D eigenvalue weighted by Crippen LogP contribution is -2.24. The molecule has 5 heteroatoms. The van der Waals surface area contributed by atoms with E-state index in [1.807, 2.05) is 13.0 Å². The molecule has 0 fully saturated rings. The van der Waals surface area contributed by atoms with Gasteiger partial charge in [0, 0.05) is 17.6 Å². The van der Waals surface area contributed by atoms with E-state index in [1.54, 1.807) is 18.2 Å². The van der Waals surface area contributed by atoms with Gasteiger partial charge in [-0.25, -0.2) is 0 Å². The fraction of sp³-hybridized carbons (Fsp3) is 0.333. The first-order valence-electron chi connectivity index (χ1n) is 5.26. The van der Waals surface area contributed by atoms with Crippen LogP contribution in [0.2, 0.25) is 5.02 Å². The summed E-state index contributed by atoms with van der Waals surface area (Å²) in [5.74, 6) is 0.331. The van der Waals surface area contributed by atoms with E-state index in [0.717, 1.165) is 0 Å². The fourth-order valence-electron chi connectivity index (χ4n) is 1.25. The van der Waals surface area contributed by atoms with E-state index in [4.69, 9.17) is 21.6 Å². The number of hydrogen-bond donors (Lipinski definition) is 1. The number of halogens is 1. The van der Waals surface area contributed by atoms with Crippen molar-refractivity contribution in [1.29, 1.82) is 5.26 Å². The summed E-state index contributed by atoms with van der Waals surface area (Å²) in [7, 11) is 0. The van der Waals surface area contributed by atoms with Gasteiger partial charge in [-0.3, -0.25) is 4.79 Å². The monoisotopic (exact) mass is 252 g/mol. The molecule has 0 spiro atoms. The smallest absolute Gasteiger partial charge is 0.223 e. The zero-order chi connectivity index (χ0) is 12.7. The standard InChI is InChI=1S/C12H13ClN2O2/c1-2-15-12(16)5-6-17-11-7-10(13)4-3-9(11)8-14/h3-4,7H,2,5-6H2,1H3,(H,15,16). The van der Waals surface area contributed by atoms with Crippen LogP contribution in [-0.2, 0) is 4.79 Å². The highest BCUT2D eigenvalue weighted by atomic mass is 35.5. The van der Waals surface area contributed by atoms with Gasteiger partial charge in [0.05, 0.1) is 18.6 Å². The minimum Gasteiger partial charge on any atom is -0.492 e. The maximum absolute atomic E-state index is 11.2. The number of hydrogen-bond acceptors (Lipinski definition) is 3. The summed E-state index contributed by atoms with van der Waals surface area (Å²) in [6.07, 6.45) is 0.255. The molecular formula is C12H13ClN2O2. The van der Waals surface area contributed by atoms with E-state index in [-0.39, 0.29) is 18.9 Å². The van der Waals surface area contributed by atoms with Crippen LogP contribution in [0.5, 0.6) is 5.75 Å². The van der Waals surface area contributed by atoms with E-state index in [0.29, 0.717) is 22.9 Å². The molecular weight excluding hydrogens is 240 g/mol. The molecule has 0 aliphatic carbocycles. The van der Waals surface area contributed by atoms with Crippen LogP contribution in [0.3, 0.4) is 0 Å². The van der Waals surface area contributed by atoms with Crippen LogP contribution in [0.15, 0.2) is 18.2 Å². The zero-order valence-corrected chi connectivity index (χ0v) is 10.3. The molecule has 0 aliphatic heterocycles. The SMILES string of the molecule is CCNC(=O)CCOc1cc(Cl)ccc1C#N. The highest BCUT2D eigenvalue weighted by Gasteiger charge is 2.05. The van der Waals surface area contributed by atoms with Crippen LogP contribution < -0.4 is 10.1 Å². The molecule has 0 radical (unpaired) electrons. The van der Waals surface area contributed by atoms with Gasteiger partial charge in [-0.05, 0) is 19.1 Å². The Labute approximate surface area is 105 Å². The average molecular weight is 253 g/mol. The molecule has 0 unspecified atom stereocenters. The van der Waals surface area contributed by atoms with Crippen molar-refractivity contribution in [3.8, 4) is 11.8 Å². The van der Waals surface area contributed by atoms with Crippen molar-refractivity contribution >= 4 is 17.5 Å². The van der Waals surface area contributed by atoms with Gasteiger partial charge < -0.3 is 10.1 Å². The minimum atomic E-state index is -0.0759. The summed E-state index contributed by atoms with van der Waals surface area (Å²) in [4.78, 5) is 11.2. The highest BCUT2D eigenvalue weighted by Crippen LogP contribution is 2.22. The molecule has 0 saturated heterocycles. The Morgan fingerprint density at radius 1 is 1.59 bits per heavy atom. The van der Waals surface area contributed by atoms with E-state index >= 15 is 0 Å². The van der Waals surface area contributed by atoms with Crippen molar-refractivity contribution in [3.05, 3.63) is 28.8 Å². The second-order valence-electron chi connectivity index (χ2n) is 3.30. The first-order valence-corrected chi connectivity index (χ1v) is 5.64. The molecule has 0 saturated carbocycles. The summed E-state index contributed by atoms with van der Waals surface area (Å²) < 4.78 is 5.36. The lowest BCUT2D eigenvalue weighted by Gasteiger charge is -2.08. The number of nitriles is 1. The van der Waals surface area contributed by atoms with Gasteiger partial charge in [-0.1, -0.05) is 11.6 Å². The molecule has 0 aliphatic rings. The van der Waals surface area contributed by atoms with E-state index in [9.17, 15) is 4.79 Å². The molecule has 0 bridgehead atoms. The molecule has 1 rings (SSSR count). The number of benzene rings is 1. The maximum atomic E-state index is 11.2. The number of nitrogens with zero attached hydrogens (tertiary/aromatic N) is 1. The Morgan fingerprint density at radius 3 is 3.00 bits per heavy atom. The van der Waals surface area contributed by atoms with Crippen LogP contribution in [0, 0.1) is 11.3 Å². The lowest BCUT2D eigenvalue weighted by molar-refractivity contribution is -0.121. The highest BCUT2D eigenvalue weighted by molar-refractivity contribution is 6.30. The number of amides is 1. The molecule has 17 heavy (non-hydrogen) atoms. The van der Waals surface area contributed by atoms with E-state index < -0.39 is 0 Å². The van der Waals surface area contributed by atoms with Crippen LogP contribution in [0.4, 0.5) is 0 Å². The topological polar surface area (TPSA) is 62.1 Å². The van der Waals surface area contributed by atoms with Gasteiger partial charge in [0.15, 0.2) is 0 Å². The summed E-state index contributed by atoms with van der Waals surface area (Å²) in [6.45, 7) is 2.67. The summed E-state index contributed by atoms with van der Waals surface area (Å²) in [5, 5.41) is 12.0. The van der Waals surface area contributed by atoms with Crippen LogP contribution in [-0.4, -0.2) is 19.1 Å². The van der Waals surface area contributed by atoms with Crippen molar-refractivity contribution in [2.75, 3.05) is 13.2 Å². The third-order valence-corrected chi connectivity index (χ3v) is 2.26. The Bertz CT molecular complexity index is 441. The lowest BCUT2D eigenvalue weighted by atomic mass is 10.2. The molecule has 90 valence electrons. The fourth-order valence-corrected chi connectivity index (χ4v) is 1.41. The predicted octanol–water partition coefficient (Wildman–Crippen LogP) is 2.12. The first-order chi connectivity index (χ1) is 8.17. The van der Waals surface area contributed by atoms with Gasteiger partial charge in [-0.2, -0.15) is 5.26 Å². The molecule has 0 aromatic heterocycles. The van der Waals surface area contributed by atoms with Crippen molar-refractivity contribution in [3.63, 3.8) is 0 Å². The number of ether oxygens (including phenoxy) is 1. The Hall–Kier alpha value is -1.73. The van der Waals surface area contributed by atoms with Crippen molar-refractivity contribution in [2.24, 2.45) is 0 Å². The molecule has 0 atom stereocenters. The average Bonchev–Trinajstić information content (AvgIpc) is 2.30. The number of rotatable bonds is 5. The molecule has 1 aromatic carbocycles. The van der Waals surface area contributed by atoms with Gasteiger partial charge in [0.25, 0.3) is 0 Å². The van der Waals surface area contributed by atoms with Crippen molar-refractivity contribution in [1.82, 2.24) is 5.32 Å². The number of carbonyl (C=O) groups excluding carboxylic acids is 1. The third-order valence-electron chi connectivity index (χ3n) is 2.02. The number of carbonyl (C=O) groups is 1. The van der Waals surface area contributed by atoms with Crippen LogP contribution >= 0.6 is 11.6 Å². The Balaban J connectivity index is 2.54. The molecule has 0 heterocycles. The second kappa shape index (κ2) is 6.77. The van der Waals surface area contributed by atoms with Crippen LogP contribution in [0.25, 0.3) is 0 Å². The van der Waals surface area contributed by atoms with E-state index in [2.05, 4.69) is 5.32 Å². The molecule has 4 nitrogen and oxygen atoms in total. The van der Waals surface area contributed by atoms with Crippen molar-refractivity contribution in [2.45, 2.75) is 13.3 Å². The molecule has 1 aromatic rings. The van der Waals surface area contributed by atoms with Gasteiger partial charge in [0.1, 0.15) is 11.8 Å². The van der Waals surface area contributed by atoms with Crippen LogP contribution in [0.1, 0.15) is 18.9 Å². The maximum Gasteiger partial charge on any atom is 0.223 e. The number of nitrogens with one attached hydrogen (secondary N) is 1. The van der Waals surface area contributed by atoms with E-state index in [1.165, 1.54) is 0 Å². The largest absolute Gasteiger partial charge is 0.492 e. The molecule has 1 N–H and O–H groups in total. The first kappa shape index (κ1) is 13.3. The summed E-state index contributed by atoms with van der Waals surface area (Å²) in [5.41, 5.74) is 0.408. The Kier molecular flexibility index (Phi) is 5.31. The second-order valence-corrected chi connectivity index (χ2v) is 3.74. The summed E-state index contributed by atoms with van der Waals surface area (Å²) in [6, 6.07) is 6.78. The predicted molar refractivity (Wildman–Crippen MR) is 65.0 cm³/mol.